The number of imidazole rings is 1. The Kier molecular flexibility index (Phi) is 6.17. The first kappa shape index (κ1) is 20.8. The van der Waals surface area contributed by atoms with Crippen LogP contribution in [0.3, 0.4) is 0 Å². The maximum absolute atomic E-state index is 12.9. The zero-order valence-corrected chi connectivity index (χ0v) is 16.5. The highest BCUT2D eigenvalue weighted by Crippen LogP contribution is 2.35. The van der Waals surface area contributed by atoms with Crippen molar-refractivity contribution < 1.29 is 18.0 Å². The van der Waals surface area contributed by atoms with E-state index in [-0.39, 0.29) is 17.1 Å². The lowest BCUT2D eigenvalue weighted by atomic mass is 10.0. The molecule has 0 aliphatic carbocycles. The zero-order chi connectivity index (χ0) is 21.0. The number of aromatic nitrogens is 2. The normalized spacial score (nSPS) is 15.2. The molecule has 0 fully saturated rings. The fourth-order valence-electron chi connectivity index (χ4n) is 2.77. The van der Waals surface area contributed by atoms with Gasteiger partial charge in [-0.05, 0) is 36.1 Å². The summed E-state index contributed by atoms with van der Waals surface area (Å²) >= 11 is 0.873. The summed E-state index contributed by atoms with van der Waals surface area (Å²) in [6.45, 7) is 6.63. The first-order valence-corrected chi connectivity index (χ1v) is 9.67. The summed E-state index contributed by atoms with van der Waals surface area (Å²) in [5, 5.41) is 3.55. The Hall–Kier alpha value is -2.94. The number of halogens is 3. The van der Waals surface area contributed by atoms with Gasteiger partial charge in [-0.3, -0.25) is 14.2 Å². The molecule has 2 aromatic heterocycles. The fourth-order valence-corrected chi connectivity index (χ4v) is 3.71. The third kappa shape index (κ3) is 5.11. The summed E-state index contributed by atoms with van der Waals surface area (Å²) < 4.78 is 39.7. The molecule has 1 aliphatic heterocycles. The number of nitrogens with one attached hydrogen (secondary N) is 1. The van der Waals surface area contributed by atoms with Gasteiger partial charge in [-0.1, -0.05) is 24.8 Å². The SMILES string of the molecule is C=C(C=CC=C(C)C1=CC=NCC1)CC(=O)Nc1ncn2c(C(F)(F)F)csc12. The highest BCUT2D eigenvalue weighted by atomic mass is 32.1. The second-order valence-corrected chi connectivity index (χ2v) is 7.33. The van der Waals surface area contributed by atoms with Gasteiger partial charge >= 0.3 is 6.18 Å². The summed E-state index contributed by atoms with van der Waals surface area (Å²) in [6, 6.07) is 0. The van der Waals surface area contributed by atoms with Crippen molar-refractivity contribution in [2.75, 3.05) is 11.9 Å². The number of dihydropyridines is 1. The van der Waals surface area contributed by atoms with Crippen molar-refractivity contribution in [2.24, 2.45) is 4.99 Å². The molecule has 3 heterocycles. The minimum absolute atomic E-state index is 0.00919. The number of aliphatic imine (C=N–C) groups is 1. The predicted molar refractivity (Wildman–Crippen MR) is 109 cm³/mol. The van der Waals surface area contributed by atoms with Crippen molar-refractivity contribution >= 4 is 34.1 Å². The average molecular weight is 420 g/mol. The summed E-state index contributed by atoms with van der Waals surface area (Å²) in [6.07, 6.45) is 6.74. The van der Waals surface area contributed by atoms with Crippen molar-refractivity contribution in [2.45, 2.75) is 25.9 Å². The van der Waals surface area contributed by atoms with Crippen LogP contribution in [0.5, 0.6) is 0 Å². The Bertz CT molecular complexity index is 1050. The first-order valence-electron chi connectivity index (χ1n) is 8.79. The number of alkyl halides is 3. The van der Waals surface area contributed by atoms with E-state index in [2.05, 4.69) is 21.9 Å². The van der Waals surface area contributed by atoms with E-state index < -0.39 is 17.8 Å². The van der Waals surface area contributed by atoms with Crippen LogP contribution in [0.25, 0.3) is 4.83 Å². The van der Waals surface area contributed by atoms with Gasteiger partial charge in [-0.15, -0.1) is 11.3 Å². The van der Waals surface area contributed by atoms with Crippen LogP contribution < -0.4 is 5.32 Å². The molecule has 5 nitrogen and oxygen atoms in total. The molecule has 1 amide bonds. The molecule has 29 heavy (non-hydrogen) atoms. The van der Waals surface area contributed by atoms with E-state index in [4.69, 9.17) is 0 Å². The van der Waals surface area contributed by atoms with Crippen LogP contribution in [0, 0.1) is 0 Å². The van der Waals surface area contributed by atoms with Crippen LogP contribution >= 0.6 is 11.3 Å². The Morgan fingerprint density at radius 1 is 1.45 bits per heavy atom. The van der Waals surface area contributed by atoms with Crippen molar-refractivity contribution in [3.63, 3.8) is 0 Å². The van der Waals surface area contributed by atoms with E-state index in [9.17, 15) is 18.0 Å². The highest BCUT2D eigenvalue weighted by molar-refractivity contribution is 7.16. The number of allylic oxidation sites excluding steroid dienone is 5. The van der Waals surface area contributed by atoms with E-state index in [0.29, 0.717) is 5.57 Å². The van der Waals surface area contributed by atoms with Crippen molar-refractivity contribution in [3.8, 4) is 0 Å². The Morgan fingerprint density at radius 3 is 2.93 bits per heavy atom. The molecule has 0 saturated carbocycles. The smallest absolute Gasteiger partial charge is 0.308 e. The van der Waals surface area contributed by atoms with Crippen LogP contribution in [0.15, 0.2) is 64.3 Å². The van der Waals surface area contributed by atoms with Gasteiger partial charge in [0, 0.05) is 18.1 Å². The number of rotatable bonds is 6. The second kappa shape index (κ2) is 8.60. The van der Waals surface area contributed by atoms with Gasteiger partial charge in [0.25, 0.3) is 0 Å². The molecule has 0 atom stereocenters. The van der Waals surface area contributed by atoms with Gasteiger partial charge in [0.05, 0.1) is 6.42 Å². The molecule has 0 unspecified atom stereocenters. The molecule has 1 aliphatic rings. The number of thiazole rings is 1. The molecule has 2 aromatic rings. The van der Waals surface area contributed by atoms with Gasteiger partial charge in [-0.25, -0.2) is 4.98 Å². The van der Waals surface area contributed by atoms with Gasteiger partial charge in [-0.2, -0.15) is 13.2 Å². The number of carbonyl (C=O) groups is 1. The highest BCUT2D eigenvalue weighted by Gasteiger charge is 2.35. The maximum atomic E-state index is 12.9. The number of carbonyl (C=O) groups excluding carboxylic acids is 1. The largest absolute Gasteiger partial charge is 0.432 e. The standard InChI is InChI=1S/C20H19F3N4OS/c1-13(4-3-5-14(2)15-6-8-24-9-7-15)10-17(28)26-18-19-27(12-25-18)16(11-29-19)20(21,22)23/h3-6,8,11-12H,1,7,9-10H2,2H3,(H,26,28). The molecule has 152 valence electrons. The summed E-state index contributed by atoms with van der Waals surface area (Å²) in [4.78, 5) is 20.5. The summed E-state index contributed by atoms with van der Waals surface area (Å²) in [7, 11) is 0. The third-order valence-electron chi connectivity index (χ3n) is 4.28. The van der Waals surface area contributed by atoms with Gasteiger partial charge in [0.1, 0.15) is 16.9 Å². The van der Waals surface area contributed by atoms with E-state index in [1.807, 2.05) is 25.2 Å². The number of hydrogen-bond acceptors (Lipinski definition) is 4. The first-order chi connectivity index (χ1) is 13.8. The van der Waals surface area contributed by atoms with Crippen LogP contribution in [0.2, 0.25) is 0 Å². The molecular weight excluding hydrogens is 401 g/mol. The zero-order valence-electron chi connectivity index (χ0n) is 15.7. The minimum Gasteiger partial charge on any atom is -0.308 e. The molecule has 0 saturated heterocycles. The Morgan fingerprint density at radius 2 is 2.24 bits per heavy atom. The monoisotopic (exact) mass is 420 g/mol. The van der Waals surface area contributed by atoms with Crippen LogP contribution in [-0.4, -0.2) is 28.1 Å². The van der Waals surface area contributed by atoms with E-state index >= 15 is 0 Å². The third-order valence-corrected chi connectivity index (χ3v) is 5.23. The van der Waals surface area contributed by atoms with Crippen molar-refractivity contribution in [1.82, 2.24) is 9.38 Å². The lowest BCUT2D eigenvalue weighted by Crippen LogP contribution is -2.12. The Balaban J connectivity index is 1.59. The van der Waals surface area contributed by atoms with Crippen LogP contribution in [-0.2, 0) is 11.0 Å². The molecule has 0 spiro atoms. The second-order valence-electron chi connectivity index (χ2n) is 6.48. The topological polar surface area (TPSA) is 58.8 Å². The van der Waals surface area contributed by atoms with E-state index in [1.54, 1.807) is 12.3 Å². The number of hydrogen-bond donors (Lipinski definition) is 1. The number of fused-ring (bicyclic) bond motifs is 1. The molecule has 1 N–H and O–H groups in total. The lowest BCUT2D eigenvalue weighted by Gasteiger charge is -2.08. The van der Waals surface area contributed by atoms with Crippen molar-refractivity contribution in [1.29, 1.82) is 0 Å². The van der Waals surface area contributed by atoms with Crippen LogP contribution in [0.1, 0.15) is 25.5 Å². The fraction of sp³-hybridized carbons (Fsp3) is 0.250. The molecule has 0 aromatic carbocycles. The van der Waals surface area contributed by atoms with Gasteiger partial charge in [0.2, 0.25) is 5.91 Å². The van der Waals surface area contributed by atoms with E-state index in [0.717, 1.165) is 46.0 Å². The van der Waals surface area contributed by atoms with Crippen molar-refractivity contribution in [3.05, 3.63) is 65.0 Å². The maximum Gasteiger partial charge on any atom is 0.432 e. The Labute approximate surface area is 169 Å². The predicted octanol–water partition coefficient (Wildman–Crippen LogP) is 5.20. The lowest BCUT2D eigenvalue weighted by molar-refractivity contribution is -0.141. The summed E-state index contributed by atoms with van der Waals surface area (Å²) in [5.74, 6) is -0.289. The minimum atomic E-state index is -4.48. The van der Waals surface area contributed by atoms with Crippen LogP contribution in [0.4, 0.5) is 19.0 Å². The average Bonchev–Trinajstić information content (AvgIpc) is 3.25. The molecule has 3 rings (SSSR count). The number of amides is 1. The van der Waals surface area contributed by atoms with Gasteiger partial charge < -0.3 is 5.32 Å². The number of anilines is 1. The number of nitrogens with zero attached hydrogens (tertiary/aromatic N) is 3. The summed E-state index contributed by atoms with van der Waals surface area (Å²) in [5.41, 5.74) is 2.08. The van der Waals surface area contributed by atoms with E-state index in [1.165, 1.54) is 5.57 Å². The molecule has 0 radical (unpaired) electrons. The quantitative estimate of drug-likeness (QED) is 0.653. The molecular formula is C20H19F3N4OS. The molecule has 9 heteroatoms. The van der Waals surface area contributed by atoms with Gasteiger partial charge in [0.15, 0.2) is 5.82 Å². The molecule has 0 bridgehead atoms.